The summed E-state index contributed by atoms with van der Waals surface area (Å²) in [5.41, 5.74) is -1.12. The van der Waals surface area contributed by atoms with E-state index in [0.717, 1.165) is 11.1 Å². The lowest BCUT2D eigenvalue weighted by molar-refractivity contribution is -0.154. The zero-order valence-corrected chi connectivity index (χ0v) is 25.0. The van der Waals surface area contributed by atoms with Gasteiger partial charge in [0.2, 0.25) is 0 Å². The highest BCUT2D eigenvalue weighted by Crippen LogP contribution is 2.33. The third-order valence-corrected chi connectivity index (χ3v) is 8.04. The average Bonchev–Trinajstić information content (AvgIpc) is 3.27. The van der Waals surface area contributed by atoms with Crippen LogP contribution in [0.4, 0.5) is 13.2 Å². The number of nitrogens with zero attached hydrogens (tertiary/aromatic N) is 2. The highest BCUT2D eigenvalue weighted by molar-refractivity contribution is 7.09. The Labute approximate surface area is 238 Å². The quantitative estimate of drug-likeness (QED) is 0.363. The lowest BCUT2D eigenvalue weighted by Gasteiger charge is -2.34. The normalized spacial score (nSPS) is 30.1. The van der Waals surface area contributed by atoms with Crippen molar-refractivity contribution in [2.24, 2.45) is 17.3 Å². The molecule has 224 valence electrons. The van der Waals surface area contributed by atoms with E-state index in [1.54, 1.807) is 19.9 Å². The molecule has 0 aromatic carbocycles. The number of ether oxygens (including phenoxy) is 1. The minimum Gasteiger partial charge on any atom is -0.457 e. The van der Waals surface area contributed by atoms with Gasteiger partial charge in [-0.25, -0.2) is 4.98 Å². The van der Waals surface area contributed by atoms with E-state index in [2.05, 4.69) is 4.98 Å². The Balaban J connectivity index is 2.49. The van der Waals surface area contributed by atoms with Gasteiger partial charge in [-0.15, -0.1) is 11.3 Å². The van der Waals surface area contributed by atoms with E-state index < -0.39 is 71.9 Å². The fourth-order valence-corrected chi connectivity index (χ4v) is 5.32. The molecule has 4 unspecified atom stereocenters. The van der Waals surface area contributed by atoms with Gasteiger partial charge >= 0.3 is 12.1 Å². The van der Waals surface area contributed by atoms with Crippen LogP contribution >= 0.6 is 11.3 Å². The highest BCUT2D eigenvalue weighted by atomic mass is 32.1. The number of halogens is 3. The average molecular weight is 587 g/mol. The van der Waals surface area contributed by atoms with Gasteiger partial charge in [0.05, 0.1) is 29.7 Å². The molecule has 0 fully saturated rings. The molecule has 2 N–H and O–H groups in total. The Morgan fingerprint density at radius 2 is 1.90 bits per heavy atom. The molecule has 0 radical (unpaired) electrons. The summed E-state index contributed by atoms with van der Waals surface area (Å²) < 4.78 is 47.1. The Bertz CT molecular complexity index is 1120. The predicted molar refractivity (Wildman–Crippen MR) is 149 cm³/mol. The third-order valence-electron chi connectivity index (χ3n) is 7.19. The minimum absolute atomic E-state index is 0.251. The number of carbonyl (C=O) groups excluding carboxylic acids is 2. The highest BCUT2D eigenvalue weighted by Gasteiger charge is 2.42. The maximum absolute atomic E-state index is 13.9. The number of ketones is 1. The third kappa shape index (κ3) is 9.36. The number of esters is 1. The molecule has 5 atom stereocenters. The van der Waals surface area contributed by atoms with Gasteiger partial charge in [0.25, 0.3) is 0 Å². The summed E-state index contributed by atoms with van der Waals surface area (Å²) in [5.74, 6) is -2.87. The van der Waals surface area contributed by atoms with Gasteiger partial charge in [0.1, 0.15) is 16.9 Å². The maximum Gasteiger partial charge on any atom is 0.412 e. The summed E-state index contributed by atoms with van der Waals surface area (Å²) in [4.78, 5) is 32.6. The number of aromatic nitrogens is 1. The first-order valence-corrected chi connectivity index (χ1v) is 14.1. The van der Waals surface area contributed by atoms with E-state index in [4.69, 9.17) is 4.74 Å². The van der Waals surface area contributed by atoms with Crippen LogP contribution in [0, 0.1) is 17.3 Å². The minimum atomic E-state index is -4.62. The molecular weight excluding hydrogens is 545 g/mol. The first-order valence-electron chi connectivity index (χ1n) is 13.2. The van der Waals surface area contributed by atoms with Crippen LogP contribution in [0.15, 0.2) is 34.8 Å². The van der Waals surface area contributed by atoms with Gasteiger partial charge in [0.15, 0.2) is 0 Å². The van der Waals surface area contributed by atoms with Crippen LogP contribution in [-0.2, 0) is 20.9 Å². The molecule has 0 aliphatic carbocycles. The predicted octanol–water partition coefficient (Wildman–Crippen LogP) is 5.34. The number of thiazole rings is 1. The molecule has 1 aliphatic heterocycles. The van der Waals surface area contributed by atoms with E-state index in [1.165, 1.54) is 44.3 Å². The molecule has 0 bridgehead atoms. The van der Waals surface area contributed by atoms with Gasteiger partial charge in [-0.1, -0.05) is 45.9 Å². The van der Waals surface area contributed by atoms with E-state index >= 15 is 0 Å². The SMILES string of the molecule is C/C(=C\c1csc(CN(C)C)n1)C1C/C=C(/C(F)(F)F)C/C=C/C(C)C(O)C(C)C(=O)C(C)(C)[C@@H](O)CC(=O)O1. The lowest BCUT2D eigenvalue weighted by atomic mass is 9.73. The molecule has 0 spiro atoms. The molecule has 7 nitrogen and oxygen atoms in total. The van der Waals surface area contributed by atoms with Crippen molar-refractivity contribution in [3.05, 3.63) is 45.5 Å². The molecule has 1 aromatic heterocycles. The Morgan fingerprint density at radius 1 is 1.25 bits per heavy atom. The fourth-order valence-electron chi connectivity index (χ4n) is 4.46. The first-order chi connectivity index (χ1) is 18.4. The van der Waals surface area contributed by atoms with E-state index in [0.29, 0.717) is 17.8 Å². The Kier molecular flexibility index (Phi) is 11.9. The summed E-state index contributed by atoms with van der Waals surface area (Å²) >= 11 is 1.44. The second-order valence-corrected chi connectivity index (χ2v) is 12.3. The van der Waals surface area contributed by atoms with E-state index in [9.17, 15) is 33.0 Å². The van der Waals surface area contributed by atoms with Crippen molar-refractivity contribution in [1.29, 1.82) is 0 Å². The number of rotatable bonds is 4. The Hall–Kier alpha value is -2.34. The monoisotopic (exact) mass is 586 g/mol. The van der Waals surface area contributed by atoms with Gasteiger partial charge in [0, 0.05) is 35.8 Å². The Morgan fingerprint density at radius 3 is 2.50 bits per heavy atom. The number of carbonyl (C=O) groups is 2. The van der Waals surface area contributed by atoms with Crippen LogP contribution in [0.2, 0.25) is 0 Å². The molecule has 11 heteroatoms. The van der Waals surface area contributed by atoms with Crippen LogP contribution in [0.1, 0.15) is 64.6 Å². The molecule has 0 saturated carbocycles. The van der Waals surface area contributed by atoms with Crippen molar-refractivity contribution >= 4 is 29.2 Å². The van der Waals surface area contributed by atoms with Crippen LogP contribution in [0.3, 0.4) is 0 Å². The van der Waals surface area contributed by atoms with Crippen molar-refractivity contribution in [2.45, 2.75) is 84.9 Å². The van der Waals surface area contributed by atoms with E-state index in [-0.39, 0.29) is 6.42 Å². The van der Waals surface area contributed by atoms with Crippen molar-refractivity contribution in [3.63, 3.8) is 0 Å². The van der Waals surface area contributed by atoms with Gasteiger partial charge < -0.3 is 19.8 Å². The van der Waals surface area contributed by atoms with Crippen LogP contribution in [0.25, 0.3) is 6.08 Å². The van der Waals surface area contributed by atoms with Gasteiger partial charge in [-0.2, -0.15) is 13.2 Å². The summed E-state index contributed by atoms with van der Waals surface area (Å²) in [6.07, 6.45) is -4.07. The molecule has 2 heterocycles. The van der Waals surface area contributed by atoms with E-state index in [1.807, 2.05) is 24.4 Å². The van der Waals surface area contributed by atoms with Crippen molar-refractivity contribution in [3.8, 4) is 0 Å². The number of aliphatic hydroxyl groups excluding tert-OH is 2. The number of cyclic esters (lactones) is 1. The molecule has 0 amide bonds. The largest absolute Gasteiger partial charge is 0.457 e. The van der Waals surface area contributed by atoms with Crippen molar-refractivity contribution in [1.82, 2.24) is 9.88 Å². The molecule has 2 rings (SSSR count). The molecule has 0 saturated heterocycles. The zero-order valence-electron chi connectivity index (χ0n) is 24.2. The number of allylic oxidation sites excluding steroid dienone is 2. The maximum atomic E-state index is 13.9. The number of Topliss-reactive ketones (excluding diaryl/α,β-unsaturated/α-hetero) is 1. The standard InChI is InChI=1S/C29H41F3N2O5S/c1-17-9-8-10-20(29(30,31)32)11-12-22(18(2)13-21-16-40-24(33-21)15-34(6)7)39-25(36)14-23(35)28(4,5)27(38)19(3)26(17)37/h8-9,11,13,16-17,19,22-23,26,35,37H,10,12,14-15H2,1-7H3/b9-8+,18-13+,20-11+/t17?,19?,22?,23-,26?/m0/s1. The van der Waals surface area contributed by atoms with Crippen LogP contribution < -0.4 is 0 Å². The van der Waals surface area contributed by atoms with Gasteiger partial charge in [-0.05, 0) is 39.1 Å². The number of hydrogen-bond donors (Lipinski definition) is 2. The fraction of sp³-hybridized carbons (Fsp3) is 0.621. The number of alkyl halides is 3. The second kappa shape index (κ2) is 14.0. The van der Waals surface area contributed by atoms with Crippen molar-refractivity contribution < 1.29 is 37.7 Å². The topological polar surface area (TPSA) is 100.0 Å². The second-order valence-electron chi connectivity index (χ2n) is 11.3. The summed E-state index contributed by atoms with van der Waals surface area (Å²) in [5, 5.41) is 24.2. The lowest BCUT2D eigenvalue weighted by Crippen LogP contribution is -2.45. The molecule has 40 heavy (non-hydrogen) atoms. The zero-order chi connectivity index (χ0) is 30.4. The van der Waals surface area contributed by atoms with Crippen LogP contribution in [0.5, 0.6) is 0 Å². The summed E-state index contributed by atoms with van der Waals surface area (Å²) in [7, 11) is 3.82. The smallest absolute Gasteiger partial charge is 0.412 e. The molecule has 1 aromatic rings. The summed E-state index contributed by atoms with van der Waals surface area (Å²) in [6, 6.07) is 0. The summed E-state index contributed by atoms with van der Waals surface area (Å²) in [6.45, 7) is 8.38. The number of aliphatic hydroxyl groups is 2. The first kappa shape index (κ1) is 33.9. The van der Waals surface area contributed by atoms with Crippen molar-refractivity contribution in [2.75, 3.05) is 14.1 Å². The van der Waals surface area contributed by atoms with Gasteiger partial charge in [-0.3, -0.25) is 9.59 Å². The molecular formula is C29H41F3N2O5S. The number of hydrogen-bond acceptors (Lipinski definition) is 8. The van der Waals surface area contributed by atoms with Crippen LogP contribution in [-0.4, -0.2) is 70.4 Å². The molecule has 1 aliphatic rings.